The minimum atomic E-state index is -1.05. The minimum absolute atomic E-state index is 0.118. The largest absolute Gasteiger partial charge is 0.478 e. The summed E-state index contributed by atoms with van der Waals surface area (Å²) in [5.41, 5.74) is 0.657. The molecule has 1 aliphatic rings. The topological polar surface area (TPSA) is 86.7 Å². The van der Waals surface area contributed by atoms with Gasteiger partial charge >= 0.3 is 12.0 Å². The molecule has 6 nitrogen and oxygen atoms in total. The predicted octanol–water partition coefficient (Wildman–Crippen LogP) is 1.59. The van der Waals surface area contributed by atoms with Crippen LogP contribution in [-0.4, -0.2) is 29.6 Å². The van der Waals surface area contributed by atoms with E-state index in [0.29, 0.717) is 10.2 Å². The highest BCUT2D eigenvalue weighted by Crippen LogP contribution is 2.25. The second kappa shape index (κ2) is 4.77. The van der Waals surface area contributed by atoms with Crippen molar-refractivity contribution in [1.29, 1.82) is 0 Å². The third-order valence-electron chi connectivity index (χ3n) is 2.55. The normalized spacial score (nSPS) is 15.5. The molecular formula is C11H9BrN2O4. The fourth-order valence-electron chi connectivity index (χ4n) is 1.66. The van der Waals surface area contributed by atoms with Gasteiger partial charge in [0.2, 0.25) is 5.91 Å². The lowest BCUT2D eigenvalue weighted by Gasteiger charge is -2.26. The molecule has 1 aliphatic heterocycles. The highest BCUT2D eigenvalue weighted by atomic mass is 79.9. The van der Waals surface area contributed by atoms with Gasteiger partial charge in [-0.15, -0.1) is 0 Å². The molecule has 3 amide bonds. The second-order valence-electron chi connectivity index (χ2n) is 3.72. The Morgan fingerprint density at radius 3 is 2.67 bits per heavy atom. The van der Waals surface area contributed by atoms with E-state index >= 15 is 0 Å². The number of aromatic carboxylic acids is 1. The van der Waals surface area contributed by atoms with Crippen LogP contribution in [0, 0.1) is 0 Å². The first-order chi connectivity index (χ1) is 8.49. The summed E-state index contributed by atoms with van der Waals surface area (Å²) in [5.74, 6) is -1.36. The summed E-state index contributed by atoms with van der Waals surface area (Å²) in [4.78, 5) is 34.8. The highest BCUT2D eigenvalue weighted by Gasteiger charge is 2.24. The van der Waals surface area contributed by atoms with Crippen molar-refractivity contribution in [2.75, 3.05) is 11.4 Å². The predicted molar refractivity (Wildman–Crippen MR) is 66.6 cm³/mol. The Morgan fingerprint density at radius 2 is 2.11 bits per heavy atom. The van der Waals surface area contributed by atoms with Crippen molar-refractivity contribution in [3.63, 3.8) is 0 Å². The van der Waals surface area contributed by atoms with E-state index in [1.54, 1.807) is 6.07 Å². The van der Waals surface area contributed by atoms with E-state index in [1.807, 2.05) is 0 Å². The van der Waals surface area contributed by atoms with E-state index in [4.69, 9.17) is 5.11 Å². The molecule has 0 unspecified atom stereocenters. The molecule has 0 aliphatic carbocycles. The zero-order chi connectivity index (χ0) is 13.3. The summed E-state index contributed by atoms with van der Waals surface area (Å²) in [5, 5.41) is 11.1. The van der Waals surface area contributed by atoms with E-state index in [0.717, 1.165) is 0 Å². The van der Waals surface area contributed by atoms with Crippen molar-refractivity contribution in [2.24, 2.45) is 0 Å². The number of hydrogen-bond acceptors (Lipinski definition) is 3. The Morgan fingerprint density at radius 1 is 1.39 bits per heavy atom. The maximum atomic E-state index is 11.6. The van der Waals surface area contributed by atoms with Crippen molar-refractivity contribution < 1.29 is 19.5 Å². The van der Waals surface area contributed by atoms with Crippen LogP contribution in [0.4, 0.5) is 10.5 Å². The lowest BCUT2D eigenvalue weighted by Crippen LogP contribution is -2.49. The number of rotatable bonds is 2. The molecule has 0 bridgehead atoms. The molecule has 1 aromatic rings. The molecule has 1 heterocycles. The van der Waals surface area contributed by atoms with E-state index in [2.05, 4.69) is 21.2 Å². The van der Waals surface area contributed by atoms with E-state index in [1.165, 1.54) is 17.0 Å². The summed E-state index contributed by atoms with van der Waals surface area (Å²) in [6.07, 6.45) is 0.226. The van der Waals surface area contributed by atoms with Crippen LogP contribution < -0.4 is 10.2 Å². The first kappa shape index (κ1) is 12.6. The van der Waals surface area contributed by atoms with Crippen molar-refractivity contribution in [3.8, 4) is 0 Å². The summed E-state index contributed by atoms with van der Waals surface area (Å²) in [7, 11) is 0. The molecule has 2 rings (SSSR count). The number of carbonyl (C=O) groups excluding carboxylic acids is 2. The Kier molecular flexibility index (Phi) is 3.33. The summed E-state index contributed by atoms with van der Waals surface area (Å²) in [6.45, 7) is 0.281. The van der Waals surface area contributed by atoms with E-state index in [9.17, 15) is 14.4 Å². The number of nitrogens with zero attached hydrogens (tertiary/aromatic N) is 1. The van der Waals surface area contributed by atoms with Crippen LogP contribution in [0.1, 0.15) is 16.8 Å². The quantitative estimate of drug-likeness (QED) is 0.868. The maximum absolute atomic E-state index is 11.6. The molecule has 0 atom stereocenters. The number of halogens is 1. The van der Waals surface area contributed by atoms with Crippen LogP contribution in [0.15, 0.2) is 22.7 Å². The van der Waals surface area contributed by atoms with Gasteiger partial charge in [-0.1, -0.05) is 0 Å². The van der Waals surface area contributed by atoms with Gasteiger partial charge in [-0.2, -0.15) is 0 Å². The Hall–Kier alpha value is -1.89. The van der Waals surface area contributed by atoms with E-state index in [-0.39, 0.29) is 24.4 Å². The fraction of sp³-hybridized carbons (Fsp3) is 0.182. The van der Waals surface area contributed by atoms with Gasteiger partial charge < -0.3 is 5.11 Å². The average Bonchev–Trinajstić information content (AvgIpc) is 2.28. The third kappa shape index (κ3) is 2.35. The monoisotopic (exact) mass is 312 g/mol. The number of benzene rings is 1. The summed E-state index contributed by atoms with van der Waals surface area (Å²) < 4.78 is 0.386. The number of carboxylic acids is 1. The van der Waals surface area contributed by atoms with Crippen LogP contribution in [0.25, 0.3) is 0 Å². The Bertz CT molecular complexity index is 544. The average molecular weight is 313 g/mol. The molecule has 0 spiro atoms. The molecule has 0 aromatic heterocycles. The molecule has 0 saturated carbocycles. The molecule has 7 heteroatoms. The minimum Gasteiger partial charge on any atom is -0.478 e. The number of nitrogens with one attached hydrogen (secondary N) is 1. The first-order valence-corrected chi connectivity index (χ1v) is 5.92. The number of imide groups is 1. The van der Waals surface area contributed by atoms with Gasteiger partial charge in [0.05, 0.1) is 5.56 Å². The van der Waals surface area contributed by atoms with Gasteiger partial charge in [0, 0.05) is 23.1 Å². The zero-order valence-electron chi connectivity index (χ0n) is 9.14. The number of hydrogen-bond donors (Lipinski definition) is 2. The number of urea groups is 1. The van der Waals surface area contributed by atoms with Crippen molar-refractivity contribution in [2.45, 2.75) is 6.42 Å². The van der Waals surface area contributed by atoms with Gasteiger partial charge in [0.25, 0.3) is 0 Å². The van der Waals surface area contributed by atoms with Crippen molar-refractivity contribution in [3.05, 3.63) is 28.2 Å². The van der Waals surface area contributed by atoms with Crippen LogP contribution in [0.3, 0.4) is 0 Å². The lowest BCUT2D eigenvalue weighted by molar-refractivity contribution is -0.120. The van der Waals surface area contributed by atoms with Crippen LogP contribution in [0.5, 0.6) is 0 Å². The zero-order valence-corrected chi connectivity index (χ0v) is 10.7. The molecule has 1 fully saturated rings. The van der Waals surface area contributed by atoms with E-state index < -0.39 is 12.0 Å². The molecular weight excluding hydrogens is 304 g/mol. The summed E-state index contributed by atoms with van der Waals surface area (Å²) >= 11 is 3.14. The van der Waals surface area contributed by atoms with Crippen molar-refractivity contribution in [1.82, 2.24) is 5.32 Å². The highest BCUT2D eigenvalue weighted by molar-refractivity contribution is 9.10. The van der Waals surface area contributed by atoms with Gasteiger partial charge in [0.1, 0.15) is 0 Å². The smallest absolute Gasteiger partial charge is 0.336 e. The Balaban J connectivity index is 2.29. The van der Waals surface area contributed by atoms with Gasteiger partial charge in [-0.05, 0) is 34.1 Å². The number of amides is 3. The second-order valence-corrected chi connectivity index (χ2v) is 4.58. The SMILES string of the molecule is O=C1CCN(c2ccc(C(=O)O)c(Br)c2)C(=O)N1. The van der Waals surface area contributed by atoms with Crippen LogP contribution in [-0.2, 0) is 4.79 Å². The number of carbonyl (C=O) groups is 3. The summed E-state index contributed by atoms with van der Waals surface area (Å²) in [6, 6.07) is 3.98. The Labute approximate surface area is 111 Å². The molecule has 18 heavy (non-hydrogen) atoms. The lowest BCUT2D eigenvalue weighted by atomic mass is 10.2. The standard InChI is InChI=1S/C11H9BrN2O4/c12-8-5-6(1-2-7(8)10(16)17)14-4-3-9(15)13-11(14)18/h1-2,5H,3-4H2,(H,16,17)(H,13,15,18). The maximum Gasteiger partial charge on any atom is 0.336 e. The first-order valence-electron chi connectivity index (χ1n) is 5.13. The van der Waals surface area contributed by atoms with Crippen LogP contribution >= 0.6 is 15.9 Å². The fourth-order valence-corrected chi connectivity index (χ4v) is 2.19. The molecule has 2 N–H and O–H groups in total. The number of anilines is 1. The van der Waals surface area contributed by atoms with Gasteiger partial charge in [0.15, 0.2) is 0 Å². The van der Waals surface area contributed by atoms with Crippen LogP contribution in [0.2, 0.25) is 0 Å². The van der Waals surface area contributed by atoms with Gasteiger partial charge in [-0.3, -0.25) is 15.0 Å². The third-order valence-corrected chi connectivity index (χ3v) is 3.20. The molecule has 1 saturated heterocycles. The van der Waals surface area contributed by atoms with Crippen molar-refractivity contribution >= 4 is 39.5 Å². The molecule has 0 radical (unpaired) electrons. The number of carboxylic acid groups (broad SMARTS) is 1. The van der Waals surface area contributed by atoms with Gasteiger partial charge in [-0.25, -0.2) is 9.59 Å². The molecule has 1 aromatic carbocycles. The molecule has 94 valence electrons.